The number of carbonyl (C=O) groups excluding carboxylic acids is 6. The average molecular weight is 561 g/mol. The van der Waals surface area contributed by atoms with E-state index >= 15 is 0 Å². The average Bonchev–Trinajstić information content (AvgIpc) is 3.21. The summed E-state index contributed by atoms with van der Waals surface area (Å²) in [5, 5.41) is 8.35. The monoisotopic (exact) mass is 560 g/mol. The van der Waals surface area contributed by atoms with E-state index in [9.17, 15) is 28.8 Å². The molecule has 3 aliphatic heterocycles. The summed E-state index contributed by atoms with van der Waals surface area (Å²) < 4.78 is 0. The van der Waals surface area contributed by atoms with E-state index in [1.165, 1.54) is 6.07 Å². The first-order chi connectivity index (χ1) is 19.7. The van der Waals surface area contributed by atoms with E-state index in [0.29, 0.717) is 62.3 Å². The van der Waals surface area contributed by atoms with Crippen LogP contribution in [0.25, 0.3) is 0 Å². The molecule has 1 unspecified atom stereocenters. The third-order valence-electron chi connectivity index (χ3n) is 7.74. The Balaban J connectivity index is 1.09. The maximum Gasteiger partial charge on any atom is 0.264 e. The van der Waals surface area contributed by atoms with Crippen molar-refractivity contribution in [1.29, 1.82) is 0 Å². The minimum absolute atomic E-state index is 0.0115. The normalized spacial score (nSPS) is 19.2. The molecule has 0 aromatic heterocycles. The van der Waals surface area contributed by atoms with Gasteiger partial charge in [-0.3, -0.25) is 39.0 Å². The van der Waals surface area contributed by atoms with Crippen molar-refractivity contribution in [3.8, 4) is 0 Å². The van der Waals surface area contributed by atoms with E-state index in [-0.39, 0.29) is 41.8 Å². The molecule has 214 valence electrons. The van der Waals surface area contributed by atoms with Gasteiger partial charge in [0.2, 0.25) is 17.7 Å². The Labute approximate surface area is 236 Å². The van der Waals surface area contributed by atoms with Crippen molar-refractivity contribution in [2.75, 3.05) is 30.7 Å². The molecule has 2 aromatic carbocycles. The third kappa shape index (κ3) is 5.76. The molecule has 12 heteroatoms. The lowest BCUT2D eigenvalue weighted by atomic mass is 10.0. The highest BCUT2D eigenvalue weighted by Gasteiger charge is 2.45. The van der Waals surface area contributed by atoms with Crippen LogP contribution in [0.15, 0.2) is 42.5 Å². The molecule has 0 bridgehead atoms. The molecule has 0 radical (unpaired) electrons. The number of imide groups is 2. The molecule has 2 saturated heterocycles. The molecule has 0 spiro atoms. The molecular weight excluding hydrogens is 528 g/mol. The number of rotatable bonds is 8. The van der Waals surface area contributed by atoms with E-state index in [1.807, 2.05) is 0 Å². The van der Waals surface area contributed by atoms with E-state index < -0.39 is 29.7 Å². The third-order valence-corrected chi connectivity index (χ3v) is 7.74. The number of fused-ring (bicyclic) bond motifs is 1. The van der Waals surface area contributed by atoms with Gasteiger partial charge < -0.3 is 21.3 Å². The Hall–Kier alpha value is -4.74. The molecule has 6 amide bonds. The van der Waals surface area contributed by atoms with Crippen molar-refractivity contribution in [1.82, 2.24) is 20.4 Å². The number of anilines is 2. The quantitative estimate of drug-likeness (QED) is 0.212. The second kappa shape index (κ2) is 11.8. The first-order valence-corrected chi connectivity index (χ1v) is 13.8. The molecule has 2 fully saturated rings. The van der Waals surface area contributed by atoms with Crippen molar-refractivity contribution >= 4 is 46.8 Å². The van der Waals surface area contributed by atoms with Crippen molar-refractivity contribution in [3.05, 3.63) is 59.2 Å². The highest BCUT2D eigenvalue weighted by molar-refractivity contribution is 6.25. The molecule has 5 rings (SSSR count). The van der Waals surface area contributed by atoms with Crippen molar-refractivity contribution in [2.24, 2.45) is 0 Å². The zero-order valence-corrected chi connectivity index (χ0v) is 22.5. The SMILES string of the molecule is Nc1ccccc1C(=O)NC1CCN(C(=O)CCCNc2cccc3c2C(=O)N(C2CCC(=O)NC2=O)C3=O)CC1. The van der Waals surface area contributed by atoms with Gasteiger partial charge in [-0.25, -0.2) is 0 Å². The van der Waals surface area contributed by atoms with Gasteiger partial charge in [0.1, 0.15) is 6.04 Å². The molecule has 2 aromatic rings. The largest absolute Gasteiger partial charge is 0.398 e. The van der Waals surface area contributed by atoms with Gasteiger partial charge in [-0.2, -0.15) is 0 Å². The fraction of sp³-hybridized carbons (Fsp3) is 0.379. The zero-order chi connectivity index (χ0) is 29.1. The molecule has 5 N–H and O–H groups in total. The molecule has 3 heterocycles. The number of benzene rings is 2. The number of para-hydroxylation sites is 1. The fourth-order valence-electron chi connectivity index (χ4n) is 5.52. The minimum atomic E-state index is -1.03. The van der Waals surface area contributed by atoms with E-state index in [2.05, 4.69) is 16.0 Å². The Morgan fingerprint density at radius 3 is 2.44 bits per heavy atom. The summed E-state index contributed by atoms with van der Waals surface area (Å²) in [4.78, 5) is 78.0. The predicted octanol–water partition coefficient (Wildman–Crippen LogP) is 1.28. The van der Waals surface area contributed by atoms with E-state index in [0.717, 1.165) is 4.90 Å². The van der Waals surface area contributed by atoms with Gasteiger partial charge in [-0.05, 0) is 49.9 Å². The van der Waals surface area contributed by atoms with Crippen molar-refractivity contribution < 1.29 is 28.8 Å². The van der Waals surface area contributed by atoms with Crippen LogP contribution in [-0.4, -0.2) is 77.0 Å². The van der Waals surface area contributed by atoms with E-state index in [1.54, 1.807) is 41.3 Å². The minimum Gasteiger partial charge on any atom is -0.398 e. The highest BCUT2D eigenvalue weighted by Crippen LogP contribution is 2.32. The number of nitrogens with two attached hydrogens (primary N) is 1. The Morgan fingerprint density at radius 2 is 1.71 bits per heavy atom. The maximum absolute atomic E-state index is 13.2. The van der Waals surface area contributed by atoms with Crippen molar-refractivity contribution in [3.63, 3.8) is 0 Å². The van der Waals surface area contributed by atoms with Crippen LogP contribution >= 0.6 is 0 Å². The van der Waals surface area contributed by atoms with Crippen LogP contribution in [0.4, 0.5) is 11.4 Å². The molecule has 12 nitrogen and oxygen atoms in total. The van der Waals surface area contributed by atoms with Gasteiger partial charge in [-0.15, -0.1) is 0 Å². The summed E-state index contributed by atoms with van der Waals surface area (Å²) in [5.41, 5.74) is 7.61. The molecule has 3 aliphatic rings. The first-order valence-electron chi connectivity index (χ1n) is 13.8. The van der Waals surface area contributed by atoms with Gasteiger partial charge in [0, 0.05) is 49.9 Å². The lowest BCUT2D eigenvalue weighted by Crippen LogP contribution is -2.54. The summed E-state index contributed by atoms with van der Waals surface area (Å²) in [6.45, 7) is 1.48. The topological polar surface area (TPSA) is 171 Å². The van der Waals surface area contributed by atoms with Gasteiger partial charge in [0.05, 0.1) is 16.7 Å². The summed E-state index contributed by atoms with van der Waals surface area (Å²) in [6.07, 6.45) is 2.25. The Morgan fingerprint density at radius 1 is 0.951 bits per heavy atom. The number of amides is 6. The lowest BCUT2D eigenvalue weighted by molar-refractivity contribution is -0.136. The number of piperidine rings is 2. The number of nitrogen functional groups attached to an aromatic ring is 1. The van der Waals surface area contributed by atoms with Crippen LogP contribution in [0.3, 0.4) is 0 Å². The molecular formula is C29H32N6O6. The number of hydrogen-bond acceptors (Lipinski definition) is 8. The van der Waals surface area contributed by atoms with Crippen LogP contribution in [0.2, 0.25) is 0 Å². The van der Waals surface area contributed by atoms with E-state index in [4.69, 9.17) is 5.73 Å². The number of likely N-dealkylation sites (tertiary alicyclic amines) is 1. The Bertz CT molecular complexity index is 1420. The number of nitrogens with zero attached hydrogens (tertiary/aromatic N) is 2. The second-order valence-electron chi connectivity index (χ2n) is 10.4. The predicted molar refractivity (Wildman–Crippen MR) is 149 cm³/mol. The van der Waals surface area contributed by atoms with Crippen LogP contribution in [0.5, 0.6) is 0 Å². The molecule has 41 heavy (non-hydrogen) atoms. The van der Waals surface area contributed by atoms with Gasteiger partial charge in [0.15, 0.2) is 0 Å². The molecule has 0 aliphatic carbocycles. The second-order valence-corrected chi connectivity index (χ2v) is 10.4. The molecule has 0 saturated carbocycles. The highest BCUT2D eigenvalue weighted by atomic mass is 16.2. The van der Waals surface area contributed by atoms with Gasteiger partial charge in [-0.1, -0.05) is 18.2 Å². The van der Waals surface area contributed by atoms with Crippen LogP contribution in [0, 0.1) is 0 Å². The molecule has 1 atom stereocenters. The van der Waals surface area contributed by atoms with Gasteiger partial charge >= 0.3 is 0 Å². The first kappa shape index (κ1) is 27.8. The van der Waals surface area contributed by atoms with Crippen molar-refractivity contribution in [2.45, 2.75) is 50.6 Å². The van der Waals surface area contributed by atoms with Crippen LogP contribution < -0.4 is 21.7 Å². The van der Waals surface area contributed by atoms with Crippen LogP contribution in [0.1, 0.15) is 69.6 Å². The maximum atomic E-state index is 13.2. The van der Waals surface area contributed by atoms with Gasteiger partial charge in [0.25, 0.3) is 17.7 Å². The number of hydrogen-bond donors (Lipinski definition) is 4. The summed E-state index contributed by atoms with van der Waals surface area (Å²) in [7, 11) is 0. The fourth-order valence-corrected chi connectivity index (χ4v) is 5.52. The van der Waals surface area contributed by atoms with Crippen LogP contribution in [-0.2, 0) is 14.4 Å². The zero-order valence-electron chi connectivity index (χ0n) is 22.5. The lowest BCUT2D eigenvalue weighted by Gasteiger charge is -2.32. The smallest absolute Gasteiger partial charge is 0.264 e. The number of nitrogens with one attached hydrogen (secondary N) is 3. The summed E-state index contributed by atoms with van der Waals surface area (Å²) >= 11 is 0. The summed E-state index contributed by atoms with van der Waals surface area (Å²) in [5.74, 6) is -2.43. The summed E-state index contributed by atoms with van der Waals surface area (Å²) in [6, 6.07) is 10.7. The standard InChI is InChI=1S/C29H32N6O6/c30-20-7-2-1-5-18(20)26(38)32-17-12-15-34(16-13-17)24(37)9-4-14-31-21-8-3-6-19-25(21)29(41)35(28(19)40)22-10-11-23(36)33-27(22)39/h1-3,5-8,17,22,31H,4,9-16,30H2,(H,32,38)(H,33,36,39). The Kier molecular flexibility index (Phi) is 7.99. The number of carbonyl (C=O) groups is 6.